The number of rotatable bonds is 3. The summed E-state index contributed by atoms with van der Waals surface area (Å²) in [7, 11) is 0. The fraction of sp³-hybridized carbons (Fsp3) is 0.667. The molecule has 1 atom stereocenters. The van der Waals surface area contributed by atoms with Crippen LogP contribution in [0.1, 0.15) is 49.9 Å². The zero-order chi connectivity index (χ0) is 10.7. The highest BCUT2D eigenvalue weighted by Gasteiger charge is 2.16. The molecule has 1 N–H and O–H groups in total. The van der Waals surface area contributed by atoms with Gasteiger partial charge in [0.1, 0.15) is 0 Å². The van der Waals surface area contributed by atoms with Crippen LogP contribution in [0.3, 0.4) is 0 Å². The van der Waals surface area contributed by atoms with Crippen molar-refractivity contribution in [2.45, 2.75) is 51.1 Å². The van der Waals surface area contributed by atoms with Gasteiger partial charge in [0.25, 0.3) is 0 Å². The van der Waals surface area contributed by atoms with E-state index in [1.807, 2.05) is 11.3 Å². The molecule has 1 nitrogen and oxygen atoms in total. The van der Waals surface area contributed by atoms with E-state index in [9.17, 15) is 0 Å². The summed E-state index contributed by atoms with van der Waals surface area (Å²) in [6.45, 7) is 2.27. The van der Waals surface area contributed by atoms with Crippen LogP contribution in [-0.2, 0) is 0 Å². The molecule has 1 saturated carbocycles. The molecule has 3 heteroatoms. The van der Waals surface area contributed by atoms with Gasteiger partial charge in [0.15, 0.2) is 0 Å². The van der Waals surface area contributed by atoms with Crippen molar-refractivity contribution in [1.29, 1.82) is 0 Å². The highest BCUT2D eigenvalue weighted by molar-refractivity contribution is 9.11. The first-order valence-corrected chi connectivity index (χ1v) is 7.38. The topological polar surface area (TPSA) is 12.0 Å². The summed E-state index contributed by atoms with van der Waals surface area (Å²) in [5.74, 6) is 0. The standard InChI is InChI=1S/C12H18BrNS/c1-9(11-7-8-12(13)15-11)14-10-5-3-2-4-6-10/h7-10,14H,2-6H2,1H3/t9-/m1/s1. The predicted octanol–water partition coefficient (Wildman–Crippen LogP) is 4.49. The van der Waals surface area contributed by atoms with E-state index >= 15 is 0 Å². The molecule has 0 bridgehead atoms. The van der Waals surface area contributed by atoms with Crippen molar-refractivity contribution in [3.8, 4) is 0 Å². The lowest BCUT2D eigenvalue weighted by Crippen LogP contribution is -2.32. The zero-order valence-corrected chi connectivity index (χ0v) is 11.5. The molecule has 1 aromatic heterocycles. The average molecular weight is 288 g/mol. The summed E-state index contributed by atoms with van der Waals surface area (Å²) in [4.78, 5) is 1.44. The minimum absolute atomic E-state index is 0.504. The minimum atomic E-state index is 0.504. The van der Waals surface area contributed by atoms with Crippen LogP contribution in [0.25, 0.3) is 0 Å². The van der Waals surface area contributed by atoms with Crippen molar-refractivity contribution in [1.82, 2.24) is 5.32 Å². The smallest absolute Gasteiger partial charge is 0.0701 e. The van der Waals surface area contributed by atoms with Crippen LogP contribution in [-0.4, -0.2) is 6.04 Å². The molecule has 1 fully saturated rings. The molecule has 84 valence electrons. The first-order valence-electron chi connectivity index (χ1n) is 5.77. The minimum Gasteiger partial charge on any atom is -0.307 e. The number of hydrogen-bond donors (Lipinski definition) is 1. The van der Waals surface area contributed by atoms with Crippen molar-refractivity contribution < 1.29 is 0 Å². The van der Waals surface area contributed by atoms with Crippen LogP contribution in [0, 0.1) is 0 Å². The summed E-state index contributed by atoms with van der Waals surface area (Å²) in [6, 6.07) is 5.60. The molecule has 1 heterocycles. The summed E-state index contributed by atoms with van der Waals surface area (Å²) < 4.78 is 1.23. The lowest BCUT2D eigenvalue weighted by molar-refractivity contribution is 0.348. The Morgan fingerprint density at radius 2 is 2.07 bits per heavy atom. The molecule has 0 spiro atoms. The molecular weight excluding hydrogens is 270 g/mol. The third-order valence-electron chi connectivity index (χ3n) is 3.11. The Balaban J connectivity index is 1.88. The van der Waals surface area contributed by atoms with Crippen molar-refractivity contribution >= 4 is 27.3 Å². The molecular formula is C12H18BrNS. The Morgan fingerprint density at radius 3 is 2.67 bits per heavy atom. The second kappa shape index (κ2) is 5.46. The van der Waals surface area contributed by atoms with Gasteiger partial charge in [-0.25, -0.2) is 0 Å². The molecule has 0 radical (unpaired) electrons. The van der Waals surface area contributed by atoms with Gasteiger partial charge in [-0.15, -0.1) is 11.3 Å². The maximum absolute atomic E-state index is 3.74. The predicted molar refractivity (Wildman–Crippen MR) is 70.4 cm³/mol. The second-order valence-electron chi connectivity index (χ2n) is 4.37. The van der Waals surface area contributed by atoms with E-state index < -0.39 is 0 Å². The van der Waals surface area contributed by atoms with E-state index in [-0.39, 0.29) is 0 Å². The highest BCUT2D eigenvalue weighted by Crippen LogP contribution is 2.28. The molecule has 2 rings (SSSR count). The molecule has 0 aliphatic heterocycles. The normalized spacial score (nSPS) is 20.4. The molecule has 0 amide bonds. The first kappa shape index (κ1) is 11.6. The van der Waals surface area contributed by atoms with Gasteiger partial charge in [-0.2, -0.15) is 0 Å². The number of thiophene rings is 1. The van der Waals surface area contributed by atoms with Crippen molar-refractivity contribution in [3.63, 3.8) is 0 Å². The van der Waals surface area contributed by atoms with Gasteiger partial charge >= 0.3 is 0 Å². The Hall–Kier alpha value is 0.140. The molecule has 1 aliphatic rings. The highest BCUT2D eigenvalue weighted by atomic mass is 79.9. The van der Waals surface area contributed by atoms with E-state index in [1.165, 1.54) is 40.8 Å². The Labute approximate surface area is 104 Å². The Morgan fingerprint density at radius 1 is 1.33 bits per heavy atom. The summed E-state index contributed by atoms with van der Waals surface area (Å²) in [5.41, 5.74) is 0. The van der Waals surface area contributed by atoms with Crippen LogP contribution >= 0.6 is 27.3 Å². The van der Waals surface area contributed by atoms with Gasteiger partial charge in [-0.3, -0.25) is 0 Å². The van der Waals surface area contributed by atoms with Gasteiger partial charge < -0.3 is 5.32 Å². The van der Waals surface area contributed by atoms with Crippen LogP contribution in [0.4, 0.5) is 0 Å². The van der Waals surface area contributed by atoms with Gasteiger partial charge in [0.05, 0.1) is 3.79 Å². The lowest BCUT2D eigenvalue weighted by atomic mass is 9.95. The van der Waals surface area contributed by atoms with Gasteiger partial charge in [-0.05, 0) is 47.8 Å². The maximum Gasteiger partial charge on any atom is 0.0701 e. The van der Waals surface area contributed by atoms with Gasteiger partial charge in [-0.1, -0.05) is 19.3 Å². The SMILES string of the molecule is C[C@@H](NC1CCCCC1)c1ccc(Br)s1. The van der Waals surface area contributed by atoms with Crippen molar-refractivity contribution in [2.75, 3.05) is 0 Å². The summed E-state index contributed by atoms with van der Waals surface area (Å²) in [6.07, 6.45) is 6.95. The molecule has 0 aromatic carbocycles. The number of hydrogen-bond acceptors (Lipinski definition) is 2. The van der Waals surface area contributed by atoms with Crippen molar-refractivity contribution in [2.24, 2.45) is 0 Å². The molecule has 0 unspecified atom stereocenters. The molecule has 1 aliphatic carbocycles. The summed E-state index contributed by atoms with van der Waals surface area (Å²) >= 11 is 5.35. The fourth-order valence-corrected chi connectivity index (χ4v) is 3.70. The average Bonchev–Trinajstić information content (AvgIpc) is 2.66. The Kier molecular flexibility index (Phi) is 4.23. The van der Waals surface area contributed by atoms with Crippen molar-refractivity contribution in [3.05, 3.63) is 20.8 Å². The van der Waals surface area contributed by atoms with Gasteiger partial charge in [0.2, 0.25) is 0 Å². The number of halogens is 1. The third kappa shape index (κ3) is 3.30. The van der Waals surface area contributed by atoms with E-state index in [0.29, 0.717) is 6.04 Å². The zero-order valence-electron chi connectivity index (χ0n) is 9.13. The third-order valence-corrected chi connectivity index (χ3v) is 4.92. The Bertz CT molecular complexity index is 304. The first-order chi connectivity index (χ1) is 7.25. The van der Waals surface area contributed by atoms with E-state index in [2.05, 4.69) is 40.3 Å². The van der Waals surface area contributed by atoms with Crippen LogP contribution in [0.15, 0.2) is 15.9 Å². The monoisotopic (exact) mass is 287 g/mol. The lowest BCUT2D eigenvalue weighted by Gasteiger charge is -2.26. The van der Waals surface area contributed by atoms with Crippen LogP contribution < -0.4 is 5.32 Å². The summed E-state index contributed by atoms with van der Waals surface area (Å²) in [5, 5.41) is 3.74. The van der Waals surface area contributed by atoms with Crippen LogP contribution in [0.2, 0.25) is 0 Å². The van der Waals surface area contributed by atoms with E-state index in [1.54, 1.807) is 0 Å². The molecule has 1 aromatic rings. The van der Waals surface area contributed by atoms with Gasteiger partial charge in [0, 0.05) is 17.0 Å². The van der Waals surface area contributed by atoms with Crippen LogP contribution in [0.5, 0.6) is 0 Å². The molecule has 15 heavy (non-hydrogen) atoms. The quantitative estimate of drug-likeness (QED) is 0.864. The maximum atomic E-state index is 3.74. The number of nitrogens with one attached hydrogen (secondary N) is 1. The van der Waals surface area contributed by atoms with E-state index in [4.69, 9.17) is 0 Å². The molecule has 0 saturated heterocycles. The fourth-order valence-electron chi connectivity index (χ4n) is 2.27. The second-order valence-corrected chi connectivity index (χ2v) is 6.86. The van der Waals surface area contributed by atoms with E-state index in [0.717, 1.165) is 6.04 Å². The largest absolute Gasteiger partial charge is 0.307 e.